The van der Waals surface area contributed by atoms with E-state index < -0.39 is 17.8 Å². The molecule has 0 aliphatic rings. The first-order chi connectivity index (χ1) is 14.9. The molecule has 0 rings (SSSR count). The second-order valence-corrected chi connectivity index (χ2v) is 7.49. The minimum atomic E-state index is -1.20. The Morgan fingerprint density at radius 2 is 1.16 bits per heavy atom. The van der Waals surface area contributed by atoms with Crippen LogP contribution in [0, 0.1) is 0 Å². The van der Waals surface area contributed by atoms with Gasteiger partial charge in [-0.2, -0.15) is 0 Å². The zero-order chi connectivity index (χ0) is 23.3. The van der Waals surface area contributed by atoms with Gasteiger partial charge in [-0.15, -0.1) is 0 Å². The summed E-state index contributed by atoms with van der Waals surface area (Å²) >= 11 is 0. The van der Waals surface area contributed by atoms with E-state index in [4.69, 9.17) is 10.2 Å². The normalized spacial score (nSPS) is 11.1. The highest BCUT2D eigenvalue weighted by Crippen LogP contribution is 2.11. The van der Waals surface area contributed by atoms with Crippen molar-refractivity contribution in [3.05, 3.63) is 24.3 Å². The molecule has 0 aliphatic heterocycles. The molecule has 0 fully saturated rings. The van der Waals surface area contributed by atoms with Gasteiger partial charge in [0, 0.05) is 43.9 Å². The van der Waals surface area contributed by atoms with E-state index in [1.807, 2.05) is 0 Å². The number of carbonyl (C=O) groups excluding carboxylic acids is 2. The second kappa shape index (κ2) is 19.3. The van der Waals surface area contributed by atoms with E-state index in [9.17, 15) is 19.2 Å². The van der Waals surface area contributed by atoms with Gasteiger partial charge < -0.3 is 20.4 Å². The maximum atomic E-state index is 12.3. The Morgan fingerprint density at radius 1 is 0.677 bits per heavy atom. The minimum absolute atomic E-state index is 0.285. The lowest BCUT2D eigenvalue weighted by Crippen LogP contribution is -2.34. The first-order valence-corrected chi connectivity index (χ1v) is 11.3. The Morgan fingerprint density at radius 3 is 1.71 bits per heavy atom. The highest BCUT2D eigenvalue weighted by atomic mass is 16.4. The fourth-order valence-electron chi connectivity index (χ4n) is 3.06. The molecule has 0 bridgehead atoms. The van der Waals surface area contributed by atoms with Crippen LogP contribution in [0.5, 0.6) is 0 Å². The van der Waals surface area contributed by atoms with E-state index >= 15 is 0 Å². The summed E-state index contributed by atoms with van der Waals surface area (Å²) in [4.78, 5) is 46.3. The van der Waals surface area contributed by atoms with Crippen LogP contribution in [0.1, 0.15) is 77.6 Å². The van der Waals surface area contributed by atoms with Gasteiger partial charge in [0.25, 0.3) is 0 Å². The van der Waals surface area contributed by atoms with Gasteiger partial charge in [0.05, 0.1) is 0 Å². The van der Waals surface area contributed by atoms with Gasteiger partial charge in [0.15, 0.2) is 0 Å². The third kappa shape index (κ3) is 19.1. The molecule has 0 atom stereocenters. The van der Waals surface area contributed by atoms with Crippen LogP contribution in [0.4, 0.5) is 0 Å². The number of carbonyl (C=O) groups is 4. The van der Waals surface area contributed by atoms with Crippen molar-refractivity contribution < 1.29 is 29.4 Å². The predicted molar refractivity (Wildman–Crippen MR) is 120 cm³/mol. The van der Waals surface area contributed by atoms with Crippen molar-refractivity contribution in [1.29, 1.82) is 0 Å². The molecule has 0 saturated carbocycles. The molecule has 2 amide bonds. The summed E-state index contributed by atoms with van der Waals surface area (Å²) in [6.07, 6.45) is 15.9. The standard InChI is InChI=1S/C23H38N2O6/c1-2-3-4-5-6-7-8-9-10-11-18-25(21(27)14-16-23(30)31)19-12-17-24-20(26)13-15-22(28)29/h13-16H,2-12,17-19H2,1H3,(H,24,26)(H,28,29)(H,30,31). The van der Waals surface area contributed by atoms with E-state index in [-0.39, 0.29) is 12.5 Å². The van der Waals surface area contributed by atoms with Crippen LogP contribution in [0.2, 0.25) is 0 Å². The van der Waals surface area contributed by atoms with Crippen molar-refractivity contribution in [2.45, 2.75) is 77.6 Å². The van der Waals surface area contributed by atoms with E-state index in [2.05, 4.69) is 12.2 Å². The van der Waals surface area contributed by atoms with Crippen LogP contribution in [0.25, 0.3) is 0 Å². The average Bonchev–Trinajstić information content (AvgIpc) is 2.73. The van der Waals surface area contributed by atoms with Crippen LogP contribution in [-0.4, -0.2) is 58.5 Å². The van der Waals surface area contributed by atoms with Crippen LogP contribution < -0.4 is 5.32 Å². The van der Waals surface area contributed by atoms with Crippen molar-refractivity contribution in [3.8, 4) is 0 Å². The summed E-state index contributed by atoms with van der Waals surface area (Å²) < 4.78 is 0. The molecule has 0 aromatic heterocycles. The van der Waals surface area contributed by atoms with Crippen LogP contribution in [-0.2, 0) is 19.2 Å². The van der Waals surface area contributed by atoms with E-state index in [0.717, 1.165) is 43.6 Å². The molecule has 0 radical (unpaired) electrons. The zero-order valence-corrected chi connectivity index (χ0v) is 18.7. The topological polar surface area (TPSA) is 124 Å². The SMILES string of the molecule is CCCCCCCCCCCCN(CCCNC(=O)C=CC(=O)O)C(=O)C=CC(=O)O. The molecule has 31 heavy (non-hydrogen) atoms. The van der Waals surface area contributed by atoms with E-state index in [1.165, 1.54) is 44.9 Å². The summed E-state index contributed by atoms with van der Waals surface area (Å²) in [6, 6.07) is 0. The van der Waals surface area contributed by atoms with Crippen LogP contribution in [0.3, 0.4) is 0 Å². The first-order valence-electron chi connectivity index (χ1n) is 11.3. The number of aliphatic carboxylic acids is 2. The van der Waals surface area contributed by atoms with Gasteiger partial charge in [0.2, 0.25) is 11.8 Å². The van der Waals surface area contributed by atoms with Gasteiger partial charge in [0.1, 0.15) is 0 Å². The first kappa shape index (κ1) is 28.4. The largest absolute Gasteiger partial charge is 0.478 e. The number of hydrogen-bond donors (Lipinski definition) is 3. The van der Waals surface area contributed by atoms with Gasteiger partial charge >= 0.3 is 11.9 Å². The number of unbranched alkanes of at least 4 members (excludes halogenated alkanes) is 9. The smallest absolute Gasteiger partial charge is 0.328 e. The Bertz CT molecular complexity index is 601. The molecular formula is C23H38N2O6. The molecule has 8 nitrogen and oxygen atoms in total. The number of carboxylic acid groups (broad SMARTS) is 2. The average molecular weight is 439 g/mol. The number of rotatable bonds is 19. The van der Waals surface area contributed by atoms with Crippen molar-refractivity contribution in [2.75, 3.05) is 19.6 Å². The molecule has 0 unspecified atom stereocenters. The number of carboxylic acids is 2. The zero-order valence-electron chi connectivity index (χ0n) is 18.7. The second-order valence-electron chi connectivity index (χ2n) is 7.49. The summed E-state index contributed by atoms with van der Waals surface area (Å²) in [5.74, 6) is -3.26. The quantitative estimate of drug-likeness (QED) is 0.209. The van der Waals surface area contributed by atoms with Crippen molar-refractivity contribution in [1.82, 2.24) is 10.2 Å². The van der Waals surface area contributed by atoms with Crippen molar-refractivity contribution in [3.63, 3.8) is 0 Å². The molecule has 8 heteroatoms. The molecule has 0 heterocycles. The fourth-order valence-corrected chi connectivity index (χ4v) is 3.06. The Kier molecular flexibility index (Phi) is 17.7. The molecular weight excluding hydrogens is 400 g/mol. The molecule has 176 valence electrons. The van der Waals surface area contributed by atoms with E-state index in [1.54, 1.807) is 4.90 Å². The fraction of sp³-hybridized carbons (Fsp3) is 0.652. The van der Waals surface area contributed by atoms with Crippen LogP contribution >= 0.6 is 0 Å². The van der Waals surface area contributed by atoms with Gasteiger partial charge in [-0.1, -0.05) is 64.7 Å². The summed E-state index contributed by atoms with van der Waals surface area (Å²) in [5, 5.41) is 19.8. The lowest BCUT2D eigenvalue weighted by Gasteiger charge is -2.21. The van der Waals surface area contributed by atoms with Gasteiger partial charge in [-0.3, -0.25) is 9.59 Å². The number of nitrogens with zero attached hydrogens (tertiary/aromatic N) is 1. The van der Waals surface area contributed by atoms with Crippen LogP contribution in [0.15, 0.2) is 24.3 Å². The highest BCUT2D eigenvalue weighted by Gasteiger charge is 2.11. The summed E-state index contributed by atoms with van der Waals surface area (Å²) in [7, 11) is 0. The predicted octanol–water partition coefficient (Wildman–Crippen LogP) is 3.52. The number of amides is 2. The number of nitrogens with one attached hydrogen (secondary N) is 1. The lowest BCUT2D eigenvalue weighted by atomic mass is 10.1. The maximum Gasteiger partial charge on any atom is 0.328 e. The van der Waals surface area contributed by atoms with E-state index in [0.29, 0.717) is 19.5 Å². The van der Waals surface area contributed by atoms with Gasteiger partial charge in [-0.25, -0.2) is 9.59 Å². The molecule has 0 saturated heterocycles. The Hall–Kier alpha value is -2.64. The number of hydrogen-bond acceptors (Lipinski definition) is 4. The highest BCUT2D eigenvalue weighted by molar-refractivity contribution is 5.94. The third-order valence-corrected chi connectivity index (χ3v) is 4.74. The third-order valence-electron chi connectivity index (χ3n) is 4.74. The molecule has 0 aromatic rings. The lowest BCUT2D eigenvalue weighted by molar-refractivity contribution is -0.132. The maximum absolute atomic E-state index is 12.3. The summed E-state index contributed by atoms with van der Waals surface area (Å²) in [6.45, 7) is 3.41. The molecule has 0 aromatic carbocycles. The van der Waals surface area contributed by atoms with Gasteiger partial charge in [-0.05, 0) is 12.8 Å². The summed E-state index contributed by atoms with van der Waals surface area (Å²) in [5.41, 5.74) is 0. The van der Waals surface area contributed by atoms with Crippen molar-refractivity contribution in [2.24, 2.45) is 0 Å². The van der Waals surface area contributed by atoms with Crippen molar-refractivity contribution >= 4 is 23.8 Å². The Balaban J connectivity index is 4.22. The Labute approximate surface area is 185 Å². The molecule has 0 aliphatic carbocycles. The monoisotopic (exact) mass is 438 g/mol. The molecule has 0 spiro atoms. The molecule has 3 N–H and O–H groups in total. The minimum Gasteiger partial charge on any atom is -0.478 e.